The summed E-state index contributed by atoms with van der Waals surface area (Å²) in [6.45, 7) is 10.2. The molecule has 63 heavy (non-hydrogen) atoms. The number of aliphatic hydroxyl groups is 1. The van der Waals surface area contributed by atoms with E-state index in [4.69, 9.17) is 37.5 Å². The lowest BCUT2D eigenvalue weighted by atomic mass is 10.00. The van der Waals surface area contributed by atoms with E-state index < -0.39 is 60.3 Å². The Hall–Kier alpha value is -4.26. The summed E-state index contributed by atoms with van der Waals surface area (Å²) in [4.78, 5) is 25.9. The minimum absolute atomic E-state index is 0.0415. The minimum atomic E-state index is -4.06. The lowest BCUT2D eigenvalue weighted by Crippen LogP contribution is -2.51. The molecule has 0 radical (unpaired) electrons. The van der Waals surface area contributed by atoms with E-state index in [1.165, 1.54) is 30.5 Å². The molecule has 3 aromatic rings. The van der Waals surface area contributed by atoms with Gasteiger partial charge in [-0.1, -0.05) is 50.2 Å². The Bertz CT molecular complexity index is 2070. The number of para-hydroxylation sites is 2. The van der Waals surface area contributed by atoms with Gasteiger partial charge < -0.3 is 48.7 Å². The second kappa shape index (κ2) is 23.6. The van der Waals surface area contributed by atoms with E-state index in [9.17, 15) is 27.7 Å². The Morgan fingerprint density at radius 2 is 1.63 bits per heavy atom. The molecule has 3 aromatic carbocycles. The number of hydrogen-bond donors (Lipinski definition) is 3. The van der Waals surface area contributed by atoms with Crippen molar-refractivity contribution in [1.29, 1.82) is 0 Å². The van der Waals surface area contributed by atoms with Gasteiger partial charge in [-0.3, -0.25) is 4.52 Å². The number of aliphatic hydroxyl groups excluding tert-OH is 1. The van der Waals surface area contributed by atoms with Crippen LogP contribution in [0.1, 0.15) is 52.2 Å². The fourth-order valence-corrected chi connectivity index (χ4v) is 10.5. The fraction of sp³-hybridized carbons (Fsp3) is 0.545. The van der Waals surface area contributed by atoms with E-state index >= 15 is 0 Å². The molecule has 0 aromatic heterocycles. The first-order chi connectivity index (χ1) is 30.1. The van der Waals surface area contributed by atoms with Crippen molar-refractivity contribution in [3.05, 3.63) is 83.9 Å². The SMILES string of the molecule is CCOC(=O)[C@H](C)OP(=O)(CCNCc1ccc(C[C@H](NC(=O)O[C@H]2CO[C@H]3OCC[C@H]32)[C@H](O)CN(CC(C)C)S(=O)(=O)c2ccc(OC)cc2)cc1)Oc1ccccc1OCC. The van der Waals surface area contributed by atoms with Crippen LogP contribution in [0, 0.1) is 11.8 Å². The predicted octanol–water partition coefficient (Wildman–Crippen LogP) is 5.53. The van der Waals surface area contributed by atoms with Crippen molar-refractivity contribution in [2.24, 2.45) is 11.8 Å². The van der Waals surface area contributed by atoms with Crippen molar-refractivity contribution in [2.45, 2.75) is 89.5 Å². The van der Waals surface area contributed by atoms with E-state index in [0.717, 1.165) is 11.1 Å². The molecule has 2 aliphatic rings. The van der Waals surface area contributed by atoms with Crippen molar-refractivity contribution in [1.82, 2.24) is 14.9 Å². The molecule has 2 heterocycles. The molecule has 17 nitrogen and oxygen atoms in total. The van der Waals surface area contributed by atoms with Crippen molar-refractivity contribution >= 4 is 29.7 Å². The standard InChI is InChI=1S/C44H62N3O14PS/c1-7-55-39-11-9-10-12-40(39)61-62(51,60-31(5)42(49)56-8-2)24-22-45-26-33-15-13-32(14-16-33)25-37(46-44(50)59-41-29-58-43-36(41)21-23-57-43)38(48)28-47(27-30(3)4)63(52,53)35-19-17-34(54-6)18-20-35/h9-20,30-31,36-38,41,43,45,48H,7-8,21-29H2,1-6H3,(H,46,50)/t31-,36-,37-,38+,41-,43+,62?/m0/s1. The fourth-order valence-electron chi connectivity index (χ4n) is 7.17. The van der Waals surface area contributed by atoms with Crippen molar-refractivity contribution in [2.75, 3.05) is 59.3 Å². The number of nitrogens with one attached hydrogen (secondary N) is 2. The van der Waals surface area contributed by atoms with Crippen molar-refractivity contribution < 1.29 is 65.1 Å². The number of esters is 1. The largest absolute Gasteiger partial charge is 0.497 e. The highest BCUT2D eigenvalue weighted by molar-refractivity contribution is 7.89. The maximum atomic E-state index is 14.1. The Balaban J connectivity index is 1.27. The van der Waals surface area contributed by atoms with Gasteiger partial charge in [0.15, 0.2) is 23.9 Å². The van der Waals surface area contributed by atoms with Gasteiger partial charge in [0.2, 0.25) is 10.0 Å². The second-order valence-electron chi connectivity index (χ2n) is 15.7. The molecule has 2 aliphatic heterocycles. The van der Waals surface area contributed by atoms with Crippen LogP contribution in [0.25, 0.3) is 0 Å². The van der Waals surface area contributed by atoms with Gasteiger partial charge >= 0.3 is 19.7 Å². The topological polar surface area (TPSA) is 207 Å². The van der Waals surface area contributed by atoms with Crippen LogP contribution >= 0.6 is 7.60 Å². The zero-order chi connectivity index (χ0) is 45.6. The van der Waals surface area contributed by atoms with Crippen LogP contribution in [-0.4, -0.2) is 120 Å². The zero-order valence-corrected chi connectivity index (χ0v) is 38.5. The monoisotopic (exact) mass is 919 g/mol. The Morgan fingerprint density at radius 1 is 0.937 bits per heavy atom. The number of amides is 1. The summed E-state index contributed by atoms with van der Waals surface area (Å²) in [5.41, 5.74) is 1.61. The number of benzene rings is 3. The summed E-state index contributed by atoms with van der Waals surface area (Å²) in [6.07, 6.45) is -3.49. The van der Waals surface area contributed by atoms with Gasteiger partial charge in [0.05, 0.1) is 62.7 Å². The molecular formula is C44H62N3O14PS. The Morgan fingerprint density at radius 3 is 2.30 bits per heavy atom. The summed E-state index contributed by atoms with van der Waals surface area (Å²) >= 11 is 0. The van der Waals surface area contributed by atoms with Gasteiger partial charge in [-0.15, -0.1) is 0 Å². The highest BCUT2D eigenvalue weighted by Gasteiger charge is 2.44. The summed E-state index contributed by atoms with van der Waals surface area (Å²) < 4.78 is 87.8. The van der Waals surface area contributed by atoms with Crippen molar-refractivity contribution in [3.63, 3.8) is 0 Å². The highest BCUT2D eigenvalue weighted by atomic mass is 32.2. The second-order valence-corrected chi connectivity index (χ2v) is 19.7. The molecule has 0 saturated carbocycles. The number of carbonyl (C=O) groups is 2. The first-order valence-electron chi connectivity index (χ1n) is 21.3. The van der Waals surface area contributed by atoms with Crippen LogP contribution in [0.4, 0.5) is 4.79 Å². The number of rotatable bonds is 25. The predicted molar refractivity (Wildman–Crippen MR) is 233 cm³/mol. The summed E-state index contributed by atoms with van der Waals surface area (Å²) in [6, 6.07) is 19.3. The van der Waals surface area contributed by atoms with Crippen LogP contribution in [0.15, 0.2) is 77.7 Å². The van der Waals surface area contributed by atoms with E-state index in [2.05, 4.69) is 10.6 Å². The Labute approximate surface area is 370 Å². The molecule has 19 heteroatoms. The van der Waals surface area contributed by atoms with E-state index in [0.29, 0.717) is 37.7 Å². The third-order valence-electron chi connectivity index (χ3n) is 10.4. The quantitative estimate of drug-likeness (QED) is 0.0543. The van der Waals surface area contributed by atoms with Gasteiger partial charge in [0.25, 0.3) is 0 Å². The van der Waals surface area contributed by atoms with Crippen LogP contribution in [0.3, 0.4) is 0 Å². The number of methoxy groups -OCH3 is 1. The highest BCUT2D eigenvalue weighted by Crippen LogP contribution is 2.51. The van der Waals surface area contributed by atoms with Gasteiger partial charge in [-0.2, -0.15) is 4.31 Å². The molecule has 0 bridgehead atoms. The third-order valence-corrected chi connectivity index (χ3v) is 14.1. The minimum Gasteiger partial charge on any atom is -0.497 e. The summed E-state index contributed by atoms with van der Waals surface area (Å²) in [5, 5.41) is 17.9. The molecule has 2 saturated heterocycles. The van der Waals surface area contributed by atoms with Crippen LogP contribution < -0.4 is 24.6 Å². The van der Waals surface area contributed by atoms with E-state index in [1.54, 1.807) is 43.3 Å². The lowest BCUT2D eigenvalue weighted by molar-refractivity contribution is -0.150. The van der Waals surface area contributed by atoms with Gasteiger partial charge in [0.1, 0.15) is 11.9 Å². The lowest BCUT2D eigenvalue weighted by Gasteiger charge is -2.31. The van der Waals surface area contributed by atoms with Gasteiger partial charge in [-0.05, 0) is 87.1 Å². The maximum Gasteiger partial charge on any atom is 0.407 e. The Kier molecular flexibility index (Phi) is 18.6. The molecule has 1 unspecified atom stereocenters. The van der Waals surface area contributed by atoms with Crippen molar-refractivity contribution in [3.8, 4) is 17.2 Å². The number of hydrogen-bond acceptors (Lipinski definition) is 15. The molecule has 3 N–H and O–H groups in total. The van der Waals surface area contributed by atoms with Gasteiger partial charge in [0, 0.05) is 26.2 Å². The molecule has 7 atom stereocenters. The van der Waals surface area contributed by atoms with Crippen LogP contribution in [-0.2, 0) is 55.8 Å². The van der Waals surface area contributed by atoms with Crippen LogP contribution in [0.2, 0.25) is 0 Å². The zero-order valence-electron chi connectivity index (χ0n) is 36.8. The third kappa shape index (κ3) is 14.4. The molecule has 5 rings (SSSR count). The normalized spacial score (nSPS) is 19.7. The first-order valence-corrected chi connectivity index (χ1v) is 24.5. The number of sulfonamides is 1. The molecule has 348 valence electrons. The maximum absolute atomic E-state index is 14.1. The number of nitrogens with zero attached hydrogens (tertiary/aromatic N) is 1. The number of carbonyl (C=O) groups excluding carboxylic acids is 2. The van der Waals surface area contributed by atoms with Crippen LogP contribution in [0.5, 0.6) is 17.2 Å². The number of ether oxygens (including phenoxy) is 6. The smallest absolute Gasteiger partial charge is 0.407 e. The average Bonchev–Trinajstić information content (AvgIpc) is 3.88. The molecular weight excluding hydrogens is 858 g/mol. The van der Waals surface area contributed by atoms with Gasteiger partial charge in [-0.25, -0.2) is 22.6 Å². The summed E-state index contributed by atoms with van der Waals surface area (Å²) in [7, 11) is -6.50. The molecule has 0 aliphatic carbocycles. The molecule has 1 amide bonds. The van der Waals surface area contributed by atoms with E-state index in [-0.39, 0.29) is 67.9 Å². The first kappa shape index (κ1) is 49.8. The average molecular weight is 920 g/mol. The number of alkyl carbamates (subject to hydrolysis) is 1. The summed E-state index contributed by atoms with van der Waals surface area (Å²) in [5.74, 6) is 0.255. The molecule has 0 spiro atoms. The van der Waals surface area contributed by atoms with E-state index in [1.807, 2.05) is 45.0 Å². The molecule has 2 fully saturated rings. The number of fused-ring (bicyclic) bond motifs is 1.